The van der Waals surface area contributed by atoms with E-state index in [4.69, 9.17) is 5.73 Å². The molecule has 40 heavy (non-hydrogen) atoms. The van der Waals surface area contributed by atoms with Gasteiger partial charge in [0.05, 0.1) is 23.8 Å². The highest BCUT2D eigenvalue weighted by atomic mass is 19.4. The molecule has 2 amide bonds. The van der Waals surface area contributed by atoms with Crippen molar-refractivity contribution in [3.8, 4) is 11.3 Å². The minimum Gasteiger partial charge on any atom is -0.382 e. The lowest BCUT2D eigenvalue weighted by Gasteiger charge is -2.18. The zero-order valence-electron chi connectivity index (χ0n) is 20.6. The Morgan fingerprint density at radius 2 is 1.77 bits per heavy atom. The molecule has 1 aliphatic heterocycles. The SMILES string of the molecule is Cc1ccc(-c2cc(C(F)(F)F)c3c(N)ncnn23)cc1C(=O)N[C@@H]1CN(C(=O)c2c(F)cccc2F)C[C@@H]1F. The first-order chi connectivity index (χ1) is 18.9. The second-order valence-corrected chi connectivity index (χ2v) is 9.28. The number of alkyl halides is 4. The summed E-state index contributed by atoms with van der Waals surface area (Å²) in [6, 6.07) is 6.85. The lowest BCUT2D eigenvalue weighted by molar-refractivity contribution is -0.136. The molecule has 0 bridgehead atoms. The van der Waals surface area contributed by atoms with Gasteiger partial charge in [-0.2, -0.15) is 18.3 Å². The molecule has 8 nitrogen and oxygen atoms in total. The van der Waals surface area contributed by atoms with Crippen molar-refractivity contribution >= 4 is 23.1 Å². The predicted molar refractivity (Wildman–Crippen MR) is 131 cm³/mol. The highest BCUT2D eigenvalue weighted by Gasteiger charge is 2.39. The summed E-state index contributed by atoms with van der Waals surface area (Å²) < 4.78 is 85.0. The summed E-state index contributed by atoms with van der Waals surface area (Å²) >= 11 is 0. The Morgan fingerprint density at radius 1 is 1.07 bits per heavy atom. The molecule has 4 aromatic rings. The van der Waals surface area contributed by atoms with Crippen LogP contribution in [-0.4, -0.2) is 56.6 Å². The number of aromatic nitrogens is 3. The van der Waals surface area contributed by atoms with Gasteiger partial charge >= 0.3 is 6.18 Å². The molecular formula is C26H20F6N6O2. The average Bonchev–Trinajstić information content (AvgIpc) is 3.46. The molecule has 0 saturated carbocycles. The van der Waals surface area contributed by atoms with Crippen LogP contribution < -0.4 is 11.1 Å². The molecule has 5 rings (SSSR count). The quantitative estimate of drug-likeness (QED) is 0.363. The van der Waals surface area contributed by atoms with Crippen molar-refractivity contribution in [3.05, 3.63) is 82.7 Å². The Balaban J connectivity index is 1.42. The van der Waals surface area contributed by atoms with E-state index in [0.29, 0.717) is 5.56 Å². The molecule has 1 aliphatic rings. The van der Waals surface area contributed by atoms with Crippen LogP contribution in [0.15, 0.2) is 48.8 Å². The molecule has 2 aromatic heterocycles. The third-order valence-corrected chi connectivity index (χ3v) is 6.69. The van der Waals surface area contributed by atoms with Crippen molar-refractivity contribution in [1.82, 2.24) is 24.8 Å². The van der Waals surface area contributed by atoms with E-state index in [-0.39, 0.29) is 29.2 Å². The number of likely N-dealkylation sites (tertiary alicyclic amines) is 1. The number of anilines is 1. The largest absolute Gasteiger partial charge is 0.418 e. The number of benzene rings is 2. The van der Waals surface area contributed by atoms with Crippen LogP contribution in [0.5, 0.6) is 0 Å². The number of nitrogens with zero attached hydrogens (tertiary/aromatic N) is 4. The zero-order chi connectivity index (χ0) is 28.9. The van der Waals surface area contributed by atoms with E-state index in [1.807, 2.05) is 0 Å². The van der Waals surface area contributed by atoms with Crippen molar-refractivity contribution in [1.29, 1.82) is 0 Å². The lowest BCUT2D eigenvalue weighted by atomic mass is 10.0. The van der Waals surface area contributed by atoms with Gasteiger partial charge in [-0.05, 0) is 36.8 Å². The van der Waals surface area contributed by atoms with Crippen LogP contribution >= 0.6 is 0 Å². The van der Waals surface area contributed by atoms with E-state index in [1.54, 1.807) is 6.92 Å². The smallest absolute Gasteiger partial charge is 0.382 e. The maximum absolute atomic E-state index is 14.8. The first kappa shape index (κ1) is 27.0. The number of carbonyl (C=O) groups is 2. The Morgan fingerprint density at radius 3 is 2.45 bits per heavy atom. The fraction of sp³-hybridized carbons (Fsp3) is 0.231. The van der Waals surface area contributed by atoms with E-state index < -0.39 is 65.0 Å². The highest BCUT2D eigenvalue weighted by molar-refractivity contribution is 5.98. The molecule has 208 valence electrons. The van der Waals surface area contributed by atoms with Gasteiger partial charge in [0.2, 0.25) is 0 Å². The summed E-state index contributed by atoms with van der Waals surface area (Å²) in [5, 5.41) is 6.37. The molecule has 0 unspecified atom stereocenters. The lowest BCUT2D eigenvalue weighted by Crippen LogP contribution is -2.42. The van der Waals surface area contributed by atoms with Gasteiger partial charge in [0.1, 0.15) is 35.2 Å². The predicted octanol–water partition coefficient (Wildman–Crippen LogP) is 4.18. The second kappa shape index (κ2) is 9.84. The van der Waals surface area contributed by atoms with Crippen LogP contribution in [0.1, 0.15) is 31.8 Å². The maximum atomic E-state index is 14.8. The fourth-order valence-electron chi connectivity index (χ4n) is 4.69. The number of halogens is 6. The van der Waals surface area contributed by atoms with Crippen LogP contribution in [-0.2, 0) is 6.18 Å². The van der Waals surface area contributed by atoms with Crippen molar-refractivity contribution in [2.75, 3.05) is 18.8 Å². The van der Waals surface area contributed by atoms with Crippen LogP contribution in [0, 0.1) is 18.6 Å². The molecule has 0 aliphatic carbocycles. The summed E-state index contributed by atoms with van der Waals surface area (Å²) in [5.74, 6) is -4.40. The van der Waals surface area contributed by atoms with Crippen LogP contribution in [0.3, 0.4) is 0 Å². The number of nitrogens with two attached hydrogens (primary N) is 1. The average molecular weight is 562 g/mol. The normalized spacial score (nSPS) is 17.4. The Kier molecular flexibility index (Phi) is 6.64. The molecule has 2 atom stereocenters. The Labute approximate surface area is 222 Å². The van der Waals surface area contributed by atoms with E-state index in [1.165, 1.54) is 18.2 Å². The standard InChI is InChI=1S/C26H20F6N6O2/c1-12-5-6-13(20-8-15(26(30,31)32)22-23(33)34-11-35-38(20)22)7-14(12)24(39)36-19-10-37(9-18(19)29)25(40)21-16(27)3-2-4-17(21)28/h2-8,11,18-19H,9-10H2,1H3,(H,36,39)(H2,33,34,35)/t18-,19+/m0/s1. The summed E-state index contributed by atoms with van der Waals surface area (Å²) in [6.45, 7) is 0.718. The minimum absolute atomic E-state index is 0.0154. The van der Waals surface area contributed by atoms with Crippen molar-refractivity contribution in [3.63, 3.8) is 0 Å². The molecule has 0 spiro atoms. The second-order valence-electron chi connectivity index (χ2n) is 9.28. The van der Waals surface area contributed by atoms with Gasteiger partial charge in [-0.15, -0.1) is 0 Å². The first-order valence-corrected chi connectivity index (χ1v) is 11.9. The van der Waals surface area contributed by atoms with Gasteiger partial charge in [-0.3, -0.25) is 9.59 Å². The monoisotopic (exact) mass is 562 g/mol. The van der Waals surface area contributed by atoms with Gasteiger partial charge in [-0.25, -0.2) is 22.7 Å². The molecule has 3 heterocycles. The third-order valence-electron chi connectivity index (χ3n) is 6.69. The molecule has 1 fully saturated rings. The van der Waals surface area contributed by atoms with Gasteiger partial charge in [-0.1, -0.05) is 18.2 Å². The molecule has 3 N–H and O–H groups in total. The number of rotatable bonds is 4. The summed E-state index contributed by atoms with van der Waals surface area (Å²) in [5.41, 5.74) is 4.00. The first-order valence-electron chi connectivity index (χ1n) is 11.9. The van der Waals surface area contributed by atoms with E-state index in [9.17, 15) is 35.9 Å². The molecule has 2 aromatic carbocycles. The highest BCUT2D eigenvalue weighted by Crippen LogP contribution is 2.39. The fourth-order valence-corrected chi connectivity index (χ4v) is 4.69. The number of amides is 2. The summed E-state index contributed by atoms with van der Waals surface area (Å²) in [4.78, 5) is 30.3. The third kappa shape index (κ3) is 4.69. The number of nitrogens with one attached hydrogen (secondary N) is 1. The number of carbonyl (C=O) groups excluding carboxylic acids is 2. The van der Waals surface area contributed by atoms with Crippen LogP contribution in [0.2, 0.25) is 0 Å². The van der Waals surface area contributed by atoms with Gasteiger partial charge in [0, 0.05) is 17.7 Å². The van der Waals surface area contributed by atoms with Gasteiger partial charge < -0.3 is 16.0 Å². The number of hydrogen-bond acceptors (Lipinski definition) is 5. The topological polar surface area (TPSA) is 106 Å². The van der Waals surface area contributed by atoms with Crippen molar-refractivity contribution in [2.45, 2.75) is 25.3 Å². The van der Waals surface area contributed by atoms with Gasteiger partial charge in [0.15, 0.2) is 5.82 Å². The van der Waals surface area contributed by atoms with E-state index in [0.717, 1.165) is 40.0 Å². The van der Waals surface area contributed by atoms with E-state index >= 15 is 0 Å². The van der Waals surface area contributed by atoms with Gasteiger partial charge in [0.25, 0.3) is 11.8 Å². The van der Waals surface area contributed by atoms with Crippen LogP contribution in [0.25, 0.3) is 16.8 Å². The molecule has 1 saturated heterocycles. The van der Waals surface area contributed by atoms with Crippen molar-refractivity contribution in [2.24, 2.45) is 0 Å². The molecule has 14 heteroatoms. The molecular weight excluding hydrogens is 542 g/mol. The molecule has 0 radical (unpaired) electrons. The van der Waals surface area contributed by atoms with E-state index in [2.05, 4.69) is 15.4 Å². The number of nitrogen functional groups attached to an aromatic ring is 1. The van der Waals surface area contributed by atoms with Crippen molar-refractivity contribution < 1.29 is 35.9 Å². The minimum atomic E-state index is -4.76. The number of fused-ring (bicyclic) bond motifs is 1. The Hall–Kier alpha value is -4.62. The number of hydrogen-bond donors (Lipinski definition) is 2. The number of aryl methyl sites for hydroxylation is 1. The maximum Gasteiger partial charge on any atom is 0.418 e. The Bertz CT molecular complexity index is 1630. The summed E-state index contributed by atoms with van der Waals surface area (Å²) in [7, 11) is 0. The van der Waals surface area contributed by atoms with Crippen LogP contribution in [0.4, 0.5) is 32.2 Å². The summed E-state index contributed by atoms with van der Waals surface area (Å²) in [6.07, 6.45) is -5.51. The zero-order valence-corrected chi connectivity index (χ0v) is 20.6.